The second-order valence-electron chi connectivity index (χ2n) is 4.89. The smallest absolute Gasteiger partial charge is 0.224 e. The molecule has 0 saturated carbocycles. The van der Waals surface area contributed by atoms with Crippen molar-refractivity contribution in [1.29, 1.82) is 0 Å². The van der Waals surface area contributed by atoms with E-state index in [9.17, 15) is 9.59 Å². The van der Waals surface area contributed by atoms with Crippen molar-refractivity contribution in [3.05, 3.63) is 28.2 Å². The van der Waals surface area contributed by atoms with E-state index < -0.39 is 0 Å². The van der Waals surface area contributed by atoms with Crippen LogP contribution in [0.4, 0.5) is 0 Å². The van der Waals surface area contributed by atoms with Gasteiger partial charge in [-0.25, -0.2) is 0 Å². The molecule has 1 unspecified atom stereocenters. The standard InChI is InChI=1S/C13H15NO4/c1-7-8-5-18-6-9(8)14-4-3-10(15)13(17-2)11(14)12(7)16/h3-4,7-9H,5-6H2,1-2H3/t7?,8-,9-/m1/s1. The first-order chi connectivity index (χ1) is 8.65. The van der Waals surface area contributed by atoms with Crippen LogP contribution in [-0.4, -0.2) is 30.7 Å². The second-order valence-corrected chi connectivity index (χ2v) is 4.89. The van der Waals surface area contributed by atoms with Crippen LogP contribution in [0.2, 0.25) is 0 Å². The van der Waals surface area contributed by atoms with Crippen LogP contribution in [0, 0.1) is 11.8 Å². The monoisotopic (exact) mass is 249 g/mol. The summed E-state index contributed by atoms with van der Waals surface area (Å²) in [6, 6.07) is 1.57. The molecule has 5 nitrogen and oxygen atoms in total. The molecule has 0 aromatic carbocycles. The number of ether oxygens (including phenoxy) is 2. The zero-order valence-corrected chi connectivity index (χ0v) is 10.4. The molecule has 5 heteroatoms. The molecule has 0 spiro atoms. The van der Waals surface area contributed by atoms with Crippen molar-refractivity contribution >= 4 is 5.78 Å². The van der Waals surface area contributed by atoms with Gasteiger partial charge < -0.3 is 14.0 Å². The molecule has 3 rings (SSSR count). The van der Waals surface area contributed by atoms with Crippen molar-refractivity contribution in [2.75, 3.05) is 20.3 Å². The highest BCUT2D eigenvalue weighted by Crippen LogP contribution is 2.40. The summed E-state index contributed by atoms with van der Waals surface area (Å²) < 4.78 is 12.4. The minimum Gasteiger partial charge on any atom is -0.491 e. The quantitative estimate of drug-likeness (QED) is 0.741. The number of ketones is 1. The van der Waals surface area contributed by atoms with Gasteiger partial charge in [0.05, 0.1) is 26.4 Å². The number of aromatic nitrogens is 1. The Morgan fingerprint density at radius 1 is 1.39 bits per heavy atom. The van der Waals surface area contributed by atoms with Crippen molar-refractivity contribution in [2.45, 2.75) is 13.0 Å². The SMILES string of the molecule is COc1c2n(ccc1=O)[C@@H]1COC[C@@H]1C(C)C2=O. The molecule has 0 bridgehead atoms. The van der Waals surface area contributed by atoms with Crippen molar-refractivity contribution in [2.24, 2.45) is 11.8 Å². The summed E-state index contributed by atoms with van der Waals surface area (Å²) in [7, 11) is 1.42. The molecular formula is C13H15NO4. The largest absolute Gasteiger partial charge is 0.491 e. The van der Waals surface area contributed by atoms with Gasteiger partial charge >= 0.3 is 0 Å². The number of Topliss-reactive ketones (excluding diaryl/α,β-unsaturated/α-hetero) is 1. The van der Waals surface area contributed by atoms with Crippen molar-refractivity contribution in [3.8, 4) is 5.75 Å². The number of carbonyl (C=O) groups excluding carboxylic acids is 1. The molecule has 18 heavy (non-hydrogen) atoms. The Morgan fingerprint density at radius 3 is 2.89 bits per heavy atom. The van der Waals surface area contributed by atoms with Crippen molar-refractivity contribution in [3.63, 3.8) is 0 Å². The van der Waals surface area contributed by atoms with Crippen LogP contribution in [0.15, 0.2) is 17.1 Å². The molecule has 0 N–H and O–H groups in total. The van der Waals surface area contributed by atoms with E-state index in [0.717, 1.165) is 0 Å². The number of fused-ring (bicyclic) bond motifs is 3. The minimum absolute atomic E-state index is 0.0312. The van der Waals surface area contributed by atoms with Gasteiger partial charge in [-0.05, 0) is 0 Å². The average Bonchev–Trinajstić information content (AvgIpc) is 2.85. The van der Waals surface area contributed by atoms with Gasteiger partial charge in [-0.2, -0.15) is 0 Å². The first-order valence-corrected chi connectivity index (χ1v) is 6.06. The third kappa shape index (κ3) is 1.37. The number of methoxy groups -OCH3 is 1. The van der Waals surface area contributed by atoms with Crippen molar-refractivity contribution < 1.29 is 14.3 Å². The molecular weight excluding hydrogens is 234 g/mol. The van der Waals surface area contributed by atoms with Gasteiger partial charge in [0.15, 0.2) is 11.5 Å². The first-order valence-electron chi connectivity index (χ1n) is 6.06. The van der Waals surface area contributed by atoms with Gasteiger partial charge in [-0.1, -0.05) is 6.92 Å². The number of hydrogen-bond acceptors (Lipinski definition) is 4. The van der Waals surface area contributed by atoms with E-state index >= 15 is 0 Å². The highest BCUT2D eigenvalue weighted by atomic mass is 16.5. The summed E-state index contributed by atoms with van der Waals surface area (Å²) in [5.41, 5.74) is 0.144. The Balaban J connectivity index is 2.26. The normalized spacial score (nSPS) is 29.9. The van der Waals surface area contributed by atoms with E-state index in [1.54, 1.807) is 6.20 Å². The van der Waals surface area contributed by atoms with Gasteiger partial charge in [0.1, 0.15) is 5.69 Å². The summed E-state index contributed by atoms with van der Waals surface area (Å²) >= 11 is 0. The van der Waals surface area contributed by atoms with Gasteiger partial charge in [0.25, 0.3) is 0 Å². The third-order valence-electron chi connectivity index (χ3n) is 4.03. The van der Waals surface area contributed by atoms with E-state index in [0.29, 0.717) is 18.9 Å². The predicted octanol–water partition coefficient (Wildman–Crippen LogP) is 0.877. The summed E-state index contributed by atoms with van der Waals surface area (Å²) in [4.78, 5) is 24.1. The maximum atomic E-state index is 12.4. The minimum atomic E-state index is -0.248. The molecule has 1 aromatic rings. The Hall–Kier alpha value is -1.62. The van der Waals surface area contributed by atoms with Crippen LogP contribution in [0.1, 0.15) is 23.5 Å². The van der Waals surface area contributed by atoms with Gasteiger partial charge in [0.2, 0.25) is 5.43 Å². The molecule has 0 radical (unpaired) electrons. The topological polar surface area (TPSA) is 57.5 Å². The number of nitrogens with zero attached hydrogens (tertiary/aromatic N) is 1. The zero-order valence-electron chi connectivity index (χ0n) is 10.4. The Kier molecular flexibility index (Phi) is 2.52. The van der Waals surface area contributed by atoms with Crippen LogP contribution in [0.3, 0.4) is 0 Å². The molecule has 2 aliphatic heterocycles. The lowest BCUT2D eigenvalue weighted by Gasteiger charge is -2.33. The van der Waals surface area contributed by atoms with Crippen LogP contribution in [0.5, 0.6) is 5.75 Å². The summed E-state index contributed by atoms with van der Waals surface area (Å²) in [5, 5.41) is 0. The van der Waals surface area contributed by atoms with Gasteiger partial charge in [-0.15, -0.1) is 0 Å². The molecule has 96 valence electrons. The summed E-state index contributed by atoms with van der Waals surface area (Å²) in [6.07, 6.45) is 1.68. The second kappa shape index (κ2) is 3.95. The third-order valence-corrected chi connectivity index (χ3v) is 4.03. The Bertz CT molecular complexity index is 563. The molecule has 1 aromatic heterocycles. The number of rotatable bonds is 1. The molecule has 3 atom stereocenters. The molecule has 0 amide bonds. The van der Waals surface area contributed by atoms with E-state index in [2.05, 4.69) is 0 Å². The lowest BCUT2D eigenvalue weighted by molar-refractivity contribution is 0.0805. The maximum Gasteiger partial charge on any atom is 0.224 e. The number of pyridine rings is 1. The lowest BCUT2D eigenvalue weighted by Crippen LogP contribution is -2.38. The highest BCUT2D eigenvalue weighted by molar-refractivity contribution is 5.99. The van der Waals surface area contributed by atoms with E-state index in [4.69, 9.17) is 9.47 Å². The molecule has 0 aliphatic carbocycles. The highest BCUT2D eigenvalue weighted by Gasteiger charge is 2.44. The molecule has 2 aliphatic rings. The Labute approximate surface area is 104 Å². The van der Waals surface area contributed by atoms with E-state index in [1.807, 2.05) is 11.5 Å². The van der Waals surface area contributed by atoms with E-state index in [-0.39, 0.29) is 34.8 Å². The van der Waals surface area contributed by atoms with E-state index in [1.165, 1.54) is 13.2 Å². The van der Waals surface area contributed by atoms with Gasteiger partial charge in [-0.3, -0.25) is 9.59 Å². The van der Waals surface area contributed by atoms with Gasteiger partial charge in [0, 0.05) is 24.1 Å². The fourth-order valence-corrected chi connectivity index (χ4v) is 2.98. The zero-order chi connectivity index (χ0) is 12.9. The lowest BCUT2D eigenvalue weighted by atomic mass is 9.81. The molecule has 3 heterocycles. The number of hydrogen-bond donors (Lipinski definition) is 0. The predicted molar refractivity (Wildman–Crippen MR) is 64.1 cm³/mol. The van der Waals surface area contributed by atoms with Crippen LogP contribution < -0.4 is 10.2 Å². The fourth-order valence-electron chi connectivity index (χ4n) is 2.98. The maximum absolute atomic E-state index is 12.4. The number of carbonyl (C=O) groups is 1. The fraction of sp³-hybridized carbons (Fsp3) is 0.538. The molecule has 1 saturated heterocycles. The first kappa shape index (κ1) is 11.5. The molecule has 1 fully saturated rings. The average molecular weight is 249 g/mol. The van der Waals surface area contributed by atoms with Crippen molar-refractivity contribution in [1.82, 2.24) is 4.57 Å². The van der Waals surface area contributed by atoms with Crippen LogP contribution in [0.25, 0.3) is 0 Å². The summed E-state index contributed by atoms with van der Waals surface area (Å²) in [5.74, 6) is 0.182. The Morgan fingerprint density at radius 2 is 2.17 bits per heavy atom. The van der Waals surface area contributed by atoms with Crippen LogP contribution >= 0.6 is 0 Å². The van der Waals surface area contributed by atoms with Crippen LogP contribution in [-0.2, 0) is 4.74 Å². The summed E-state index contributed by atoms with van der Waals surface area (Å²) in [6.45, 7) is 3.09.